The number of aliphatic hydroxyl groups is 1. The molecule has 1 aliphatic rings. The number of carbonyl (C=O) groups is 8. The fraction of sp³-hybridized carbons (Fsp3) is 0.750. The van der Waals surface area contributed by atoms with Gasteiger partial charge in [-0.15, -0.1) is 0 Å². The van der Waals surface area contributed by atoms with Crippen molar-refractivity contribution in [1.29, 1.82) is 0 Å². The van der Waals surface area contributed by atoms with Crippen LogP contribution in [0.4, 0.5) is 0 Å². The van der Waals surface area contributed by atoms with Crippen molar-refractivity contribution in [2.45, 2.75) is 104 Å². The molecular formula is C32H56N8O10. The van der Waals surface area contributed by atoms with Gasteiger partial charge in [-0.05, 0) is 53.9 Å². The summed E-state index contributed by atoms with van der Waals surface area (Å²) in [5.74, 6) is -4.39. The van der Waals surface area contributed by atoms with Gasteiger partial charge in [0.05, 0.1) is 44.3 Å². The molecule has 1 fully saturated rings. The quantitative estimate of drug-likeness (QED) is 0.0643. The van der Waals surface area contributed by atoms with Gasteiger partial charge < -0.3 is 52.0 Å². The number of aliphatic hydroxyl groups excluding tert-OH is 1. The molecule has 18 nitrogen and oxygen atoms in total. The molecule has 1 saturated heterocycles. The summed E-state index contributed by atoms with van der Waals surface area (Å²) in [7, 11) is 1.39. The van der Waals surface area contributed by atoms with Crippen LogP contribution in [0.3, 0.4) is 0 Å². The third-order valence-electron chi connectivity index (χ3n) is 7.80. The van der Waals surface area contributed by atoms with E-state index in [1.165, 1.54) is 18.9 Å². The standard InChI is InChI=1S/C32H56N8O10/c1-19(2)38-22(42)14-32(6,7)50-13-11-31(4,5)30(49)37-18-26(46)40-12-9-10-21(40)28(47)35-17-25(45)39-27(20(3)41)29(48)36-16-24(44)34-15-23(43)33-8/h19-21,27,41H,9-18H2,1-8H3,(H,33,43)(H,34,44)(H,35,47)(H,36,48)(H,37,49)(H,38,42)(H,39,45). The highest BCUT2D eigenvalue weighted by atomic mass is 16.5. The van der Waals surface area contributed by atoms with Crippen molar-refractivity contribution in [3.63, 3.8) is 0 Å². The maximum absolute atomic E-state index is 13.0. The third kappa shape index (κ3) is 15.9. The molecule has 3 atom stereocenters. The summed E-state index contributed by atoms with van der Waals surface area (Å²) >= 11 is 0. The Bertz CT molecular complexity index is 1240. The number of nitrogens with one attached hydrogen (secondary N) is 7. The maximum atomic E-state index is 13.0. The number of likely N-dealkylation sites (tertiary alicyclic amines) is 1. The first-order valence-electron chi connectivity index (χ1n) is 16.7. The van der Waals surface area contributed by atoms with Crippen molar-refractivity contribution in [3.8, 4) is 0 Å². The molecule has 0 bridgehead atoms. The lowest BCUT2D eigenvalue weighted by Gasteiger charge is -2.29. The molecule has 18 heteroatoms. The first kappa shape index (κ1) is 43.7. The molecule has 0 aliphatic carbocycles. The SMILES string of the molecule is CNC(=O)CNC(=O)CNC(=O)C(NC(=O)CNC(=O)C1CCCN1C(=O)CNC(=O)C(C)(C)CCOC(C)(C)CC(=O)NC(C)C)C(C)O. The molecule has 8 amide bonds. The Kier molecular flexibility index (Phi) is 17.8. The molecule has 0 radical (unpaired) electrons. The summed E-state index contributed by atoms with van der Waals surface area (Å²) in [6, 6.07) is -2.32. The molecule has 0 aromatic carbocycles. The van der Waals surface area contributed by atoms with Gasteiger partial charge in [0.2, 0.25) is 47.3 Å². The van der Waals surface area contributed by atoms with Gasteiger partial charge in [0.15, 0.2) is 0 Å². The Labute approximate surface area is 293 Å². The zero-order chi connectivity index (χ0) is 38.2. The second-order valence-corrected chi connectivity index (χ2v) is 13.7. The Balaban J connectivity index is 2.58. The Morgan fingerprint density at radius 2 is 1.42 bits per heavy atom. The minimum Gasteiger partial charge on any atom is -0.391 e. The van der Waals surface area contributed by atoms with Crippen molar-refractivity contribution >= 4 is 47.3 Å². The van der Waals surface area contributed by atoms with E-state index in [0.717, 1.165) is 0 Å². The van der Waals surface area contributed by atoms with E-state index in [9.17, 15) is 43.5 Å². The van der Waals surface area contributed by atoms with E-state index in [0.29, 0.717) is 19.3 Å². The van der Waals surface area contributed by atoms with Crippen LogP contribution in [-0.4, -0.2) is 133 Å². The Morgan fingerprint density at radius 3 is 2.02 bits per heavy atom. The fourth-order valence-electron chi connectivity index (χ4n) is 4.86. The maximum Gasteiger partial charge on any atom is 0.245 e. The number of hydrogen-bond donors (Lipinski definition) is 8. The van der Waals surface area contributed by atoms with Crippen LogP contribution in [0.25, 0.3) is 0 Å². The van der Waals surface area contributed by atoms with E-state index < -0.39 is 77.7 Å². The Morgan fingerprint density at radius 1 is 0.800 bits per heavy atom. The van der Waals surface area contributed by atoms with E-state index in [1.807, 2.05) is 13.8 Å². The lowest BCUT2D eigenvalue weighted by atomic mass is 9.88. The van der Waals surface area contributed by atoms with Gasteiger partial charge in [-0.1, -0.05) is 13.8 Å². The number of ether oxygens (including phenoxy) is 1. The van der Waals surface area contributed by atoms with E-state index in [-0.39, 0.29) is 50.5 Å². The minimum absolute atomic E-state index is 0.00961. The molecular weight excluding hydrogens is 656 g/mol. The third-order valence-corrected chi connectivity index (χ3v) is 7.80. The van der Waals surface area contributed by atoms with Crippen LogP contribution in [0.15, 0.2) is 0 Å². The smallest absolute Gasteiger partial charge is 0.245 e. The summed E-state index contributed by atoms with van der Waals surface area (Å²) < 4.78 is 5.89. The van der Waals surface area contributed by atoms with Crippen LogP contribution >= 0.6 is 0 Å². The topological polar surface area (TPSA) is 253 Å². The van der Waals surface area contributed by atoms with Crippen LogP contribution in [-0.2, 0) is 43.1 Å². The predicted octanol–water partition coefficient (Wildman–Crippen LogP) is -2.82. The molecule has 1 rings (SSSR count). The molecule has 0 saturated carbocycles. The van der Waals surface area contributed by atoms with Gasteiger partial charge in [0.25, 0.3) is 0 Å². The highest BCUT2D eigenvalue weighted by Gasteiger charge is 2.36. The van der Waals surface area contributed by atoms with Crippen molar-refractivity contribution < 1.29 is 48.2 Å². The number of rotatable bonds is 20. The number of hydrogen-bond acceptors (Lipinski definition) is 10. The van der Waals surface area contributed by atoms with Gasteiger partial charge in [0, 0.05) is 31.7 Å². The predicted molar refractivity (Wildman–Crippen MR) is 181 cm³/mol. The summed E-state index contributed by atoms with van der Waals surface area (Å²) in [6.07, 6.45) is -0.00847. The average Bonchev–Trinajstić information content (AvgIpc) is 3.51. The minimum atomic E-state index is -1.45. The number of nitrogens with zero attached hydrogens (tertiary/aromatic N) is 1. The van der Waals surface area contributed by atoms with Crippen LogP contribution in [0.2, 0.25) is 0 Å². The van der Waals surface area contributed by atoms with Gasteiger partial charge in [-0.25, -0.2) is 0 Å². The molecule has 8 N–H and O–H groups in total. The van der Waals surface area contributed by atoms with E-state index in [2.05, 4.69) is 37.2 Å². The largest absolute Gasteiger partial charge is 0.391 e. The lowest BCUT2D eigenvalue weighted by Crippen LogP contribution is -2.56. The molecule has 0 spiro atoms. The molecule has 284 valence electrons. The van der Waals surface area contributed by atoms with E-state index in [4.69, 9.17) is 4.74 Å². The molecule has 1 aliphatic heterocycles. The van der Waals surface area contributed by atoms with Crippen LogP contribution in [0, 0.1) is 5.41 Å². The number of carbonyl (C=O) groups excluding carboxylic acids is 8. The highest BCUT2D eigenvalue weighted by Crippen LogP contribution is 2.24. The second-order valence-electron chi connectivity index (χ2n) is 13.7. The van der Waals surface area contributed by atoms with E-state index >= 15 is 0 Å². The Hall–Kier alpha value is -4.32. The summed E-state index contributed by atoms with van der Waals surface area (Å²) in [5.41, 5.74) is -1.64. The van der Waals surface area contributed by atoms with Gasteiger partial charge in [-0.3, -0.25) is 38.4 Å². The van der Waals surface area contributed by atoms with Crippen molar-refractivity contribution in [2.24, 2.45) is 5.41 Å². The first-order valence-corrected chi connectivity index (χ1v) is 16.7. The molecule has 50 heavy (non-hydrogen) atoms. The van der Waals surface area contributed by atoms with Gasteiger partial charge >= 0.3 is 0 Å². The van der Waals surface area contributed by atoms with Crippen molar-refractivity contribution in [2.75, 3.05) is 46.4 Å². The molecule has 1 heterocycles. The monoisotopic (exact) mass is 712 g/mol. The van der Waals surface area contributed by atoms with Gasteiger partial charge in [-0.2, -0.15) is 0 Å². The first-order chi connectivity index (χ1) is 23.2. The average molecular weight is 713 g/mol. The van der Waals surface area contributed by atoms with E-state index in [1.54, 1.807) is 27.7 Å². The highest BCUT2D eigenvalue weighted by molar-refractivity contribution is 5.95. The molecule has 0 aromatic rings. The number of amides is 8. The van der Waals surface area contributed by atoms with Crippen LogP contribution < -0.4 is 37.2 Å². The van der Waals surface area contributed by atoms with Crippen molar-refractivity contribution in [1.82, 2.24) is 42.1 Å². The molecule has 0 aromatic heterocycles. The van der Waals surface area contributed by atoms with Crippen LogP contribution in [0.1, 0.15) is 74.1 Å². The number of likely N-dealkylation sites (N-methyl/N-ethyl adjacent to an activating group) is 1. The van der Waals surface area contributed by atoms with Crippen molar-refractivity contribution in [3.05, 3.63) is 0 Å². The zero-order valence-corrected chi connectivity index (χ0v) is 30.4. The zero-order valence-electron chi connectivity index (χ0n) is 30.4. The molecule has 3 unspecified atom stereocenters. The second kappa shape index (κ2) is 20.4. The summed E-state index contributed by atoms with van der Waals surface area (Å²) in [4.78, 5) is 100. The fourth-order valence-corrected chi connectivity index (χ4v) is 4.86. The lowest BCUT2D eigenvalue weighted by molar-refractivity contribution is -0.140. The van der Waals surface area contributed by atoms with Gasteiger partial charge in [0.1, 0.15) is 12.1 Å². The summed E-state index contributed by atoms with van der Waals surface area (Å²) in [6.45, 7) is 10.8. The van der Waals surface area contributed by atoms with Crippen LogP contribution in [0.5, 0.6) is 0 Å². The summed E-state index contributed by atoms with van der Waals surface area (Å²) in [5, 5.41) is 27.1. The normalized spacial score (nSPS) is 15.7.